The quantitative estimate of drug-likeness (QED) is 0.623. The lowest BCUT2D eigenvalue weighted by molar-refractivity contribution is -0.142. The molecule has 0 aliphatic rings. The zero-order valence-electron chi connectivity index (χ0n) is 9.63. The van der Waals surface area contributed by atoms with E-state index in [1.54, 1.807) is 6.92 Å². The number of carbonyl (C=O) groups is 2. The third-order valence-electron chi connectivity index (χ3n) is 1.97. The average molecular weight is 258 g/mol. The highest BCUT2D eigenvalue weighted by Gasteiger charge is 2.21. The molecule has 94 valence electrons. The normalized spacial score (nSPS) is 12.1. The fourth-order valence-electron chi connectivity index (χ4n) is 1.17. The van der Waals surface area contributed by atoms with Crippen LogP contribution in [0.3, 0.4) is 0 Å². The summed E-state index contributed by atoms with van der Waals surface area (Å²) in [7, 11) is 0. The summed E-state index contributed by atoms with van der Waals surface area (Å²) >= 11 is 1.17. The van der Waals surface area contributed by atoms with Crippen LogP contribution in [0.1, 0.15) is 30.8 Å². The Balaban J connectivity index is 2.67. The average Bonchev–Trinajstić information content (AvgIpc) is 2.74. The Morgan fingerprint density at radius 3 is 2.65 bits per heavy atom. The number of ether oxygens (including phenoxy) is 1. The van der Waals surface area contributed by atoms with Gasteiger partial charge in [-0.15, -0.1) is 0 Å². The molecule has 0 bridgehead atoms. The summed E-state index contributed by atoms with van der Waals surface area (Å²) in [5.74, 6) is -1.57. The van der Waals surface area contributed by atoms with Crippen molar-refractivity contribution >= 4 is 23.7 Å². The molecule has 0 saturated carbocycles. The molecule has 1 heterocycles. The minimum atomic E-state index is -1.12. The maximum atomic E-state index is 11.5. The Morgan fingerprint density at radius 2 is 2.18 bits per heavy atom. The van der Waals surface area contributed by atoms with Crippen LogP contribution in [0.5, 0.6) is 0 Å². The summed E-state index contributed by atoms with van der Waals surface area (Å²) in [4.78, 5) is 22.1. The molecular formula is C11H14O5S. The number of rotatable bonds is 6. The van der Waals surface area contributed by atoms with Crippen LogP contribution in [0, 0.1) is 0 Å². The summed E-state index contributed by atoms with van der Waals surface area (Å²) in [5, 5.41) is 8.72. The van der Waals surface area contributed by atoms with Crippen molar-refractivity contribution in [2.24, 2.45) is 0 Å². The third kappa shape index (κ3) is 3.81. The first-order chi connectivity index (χ1) is 8.08. The first kappa shape index (κ1) is 13.6. The van der Waals surface area contributed by atoms with Crippen molar-refractivity contribution in [2.45, 2.75) is 30.6 Å². The first-order valence-electron chi connectivity index (χ1n) is 5.24. The van der Waals surface area contributed by atoms with Crippen molar-refractivity contribution in [3.05, 3.63) is 17.9 Å². The SMILES string of the molecule is CCOC(=O)C(CC)Sc1ccc(C(=O)O)o1. The molecule has 1 aromatic heterocycles. The van der Waals surface area contributed by atoms with Crippen LogP contribution in [0.15, 0.2) is 21.6 Å². The summed E-state index contributed by atoms with van der Waals surface area (Å²) in [6, 6.07) is 2.90. The van der Waals surface area contributed by atoms with Crippen molar-refractivity contribution in [3.8, 4) is 0 Å². The first-order valence-corrected chi connectivity index (χ1v) is 6.12. The highest BCUT2D eigenvalue weighted by atomic mass is 32.2. The van der Waals surface area contributed by atoms with Gasteiger partial charge in [-0.1, -0.05) is 18.7 Å². The zero-order valence-corrected chi connectivity index (χ0v) is 10.5. The summed E-state index contributed by atoms with van der Waals surface area (Å²) in [6.07, 6.45) is 0.590. The van der Waals surface area contributed by atoms with E-state index < -0.39 is 5.97 Å². The summed E-state index contributed by atoms with van der Waals surface area (Å²) < 4.78 is 9.96. The van der Waals surface area contributed by atoms with Crippen LogP contribution in [-0.2, 0) is 9.53 Å². The summed E-state index contributed by atoms with van der Waals surface area (Å²) in [6.45, 7) is 3.93. The van der Waals surface area contributed by atoms with E-state index in [4.69, 9.17) is 14.3 Å². The number of furan rings is 1. The number of carboxylic acids is 1. The molecule has 1 rings (SSSR count). The molecule has 0 spiro atoms. The molecule has 5 nitrogen and oxygen atoms in total. The van der Waals surface area contributed by atoms with Gasteiger partial charge < -0.3 is 14.3 Å². The van der Waals surface area contributed by atoms with Crippen molar-refractivity contribution in [2.75, 3.05) is 6.61 Å². The van der Waals surface area contributed by atoms with E-state index in [9.17, 15) is 9.59 Å². The van der Waals surface area contributed by atoms with Crippen molar-refractivity contribution in [1.29, 1.82) is 0 Å². The molecule has 17 heavy (non-hydrogen) atoms. The molecule has 0 radical (unpaired) electrons. The van der Waals surface area contributed by atoms with Crippen LogP contribution in [0.25, 0.3) is 0 Å². The van der Waals surface area contributed by atoms with Crippen LogP contribution in [-0.4, -0.2) is 28.9 Å². The molecule has 6 heteroatoms. The predicted molar refractivity (Wildman–Crippen MR) is 62.2 cm³/mol. The van der Waals surface area contributed by atoms with Crippen LogP contribution in [0.4, 0.5) is 0 Å². The van der Waals surface area contributed by atoms with Gasteiger partial charge in [0.2, 0.25) is 5.76 Å². The Morgan fingerprint density at radius 1 is 1.47 bits per heavy atom. The lowest BCUT2D eigenvalue weighted by Crippen LogP contribution is -2.19. The topological polar surface area (TPSA) is 76.7 Å². The van der Waals surface area contributed by atoms with E-state index in [1.807, 2.05) is 6.92 Å². The van der Waals surface area contributed by atoms with Gasteiger partial charge >= 0.3 is 11.9 Å². The molecule has 1 aromatic rings. The van der Waals surface area contributed by atoms with Gasteiger partial charge in [-0.05, 0) is 25.5 Å². The number of aromatic carboxylic acids is 1. The van der Waals surface area contributed by atoms with Gasteiger partial charge in [-0.3, -0.25) is 4.79 Å². The second-order valence-electron chi connectivity index (χ2n) is 3.19. The zero-order chi connectivity index (χ0) is 12.8. The second-order valence-corrected chi connectivity index (χ2v) is 4.40. The summed E-state index contributed by atoms with van der Waals surface area (Å²) in [5.41, 5.74) is 0. The minimum Gasteiger partial charge on any atom is -0.475 e. The molecule has 1 N–H and O–H groups in total. The molecule has 0 aromatic carbocycles. The van der Waals surface area contributed by atoms with Crippen molar-refractivity contribution < 1.29 is 23.8 Å². The number of carboxylic acid groups (broad SMARTS) is 1. The van der Waals surface area contributed by atoms with E-state index in [1.165, 1.54) is 23.9 Å². The van der Waals surface area contributed by atoms with Crippen LogP contribution < -0.4 is 0 Å². The number of esters is 1. The standard InChI is InChI=1S/C11H14O5S/c1-3-8(11(14)15-4-2)17-9-6-5-7(16-9)10(12)13/h5-6,8H,3-4H2,1-2H3,(H,12,13). The number of thioether (sulfide) groups is 1. The Hall–Kier alpha value is -1.43. The second kappa shape index (κ2) is 6.34. The van der Waals surface area contributed by atoms with Crippen molar-refractivity contribution in [1.82, 2.24) is 0 Å². The molecule has 0 amide bonds. The minimum absolute atomic E-state index is 0.133. The maximum absolute atomic E-state index is 11.5. The smallest absolute Gasteiger partial charge is 0.371 e. The third-order valence-corrected chi connectivity index (χ3v) is 3.23. The molecule has 0 aliphatic carbocycles. The fraction of sp³-hybridized carbons (Fsp3) is 0.455. The van der Waals surface area contributed by atoms with E-state index in [0.717, 1.165) is 0 Å². The maximum Gasteiger partial charge on any atom is 0.371 e. The number of hydrogen-bond donors (Lipinski definition) is 1. The van der Waals surface area contributed by atoms with E-state index in [0.29, 0.717) is 18.1 Å². The van der Waals surface area contributed by atoms with E-state index in [-0.39, 0.29) is 17.0 Å². The highest BCUT2D eigenvalue weighted by Crippen LogP contribution is 2.28. The van der Waals surface area contributed by atoms with Gasteiger partial charge in [0.05, 0.1) is 6.61 Å². The van der Waals surface area contributed by atoms with Crippen LogP contribution in [0.2, 0.25) is 0 Å². The van der Waals surface area contributed by atoms with Gasteiger partial charge in [-0.2, -0.15) is 0 Å². The van der Waals surface area contributed by atoms with E-state index in [2.05, 4.69) is 0 Å². The van der Waals surface area contributed by atoms with E-state index >= 15 is 0 Å². The monoisotopic (exact) mass is 258 g/mol. The Labute approximate surface area is 103 Å². The molecule has 0 fully saturated rings. The van der Waals surface area contributed by atoms with Gasteiger partial charge in [0.15, 0.2) is 5.09 Å². The van der Waals surface area contributed by atoms with Gasteiger partial charge in [0, 0.05) is 0 Å². The Kier molecular flexibility index (Phi) is 5.09. The van der Waals surface area contributed by atoms with Crippen LogP contribution >= 0.6 is 11.8 Å². The molecule has 1 unspecified atom stereocenters. The predicted octanol–water partition coefficient (Wildman–Crippen LogP) is 2.41. The van der Waals surface area contributed by atoms with Gasteiger partial charge in [-0.25, -0.2) is 4.79 Å². The molecule has 0 aliphatic heterocycles. The molecule has 0 saturated heterocycles. The fourth-order valence-corrected chi connectivity index (χ4v) is 2.07. The lowest BCUT2D eigenvalue weighted by atomic mass is 10.3. The highest BCUT2D eigenvalue weighted by molar-refractivity contribution is 8.00. The van der Waals surface area contributed by atoms with Gasteiger partial charge in [0.25, 0.3) is 0 Å². The van der Waals surface area contributed by atoms with Crippen molar-refractivity contribution in [3.63, 3.8) is 0 Å². The Bertz CT molecular complexity index is 398. The molecule has 1 atom stereocenters. The molecular weight excluding hydrogens is 244 g/mol. The lowest BCUT2D eigenvalue weighted by Gasteiger charge is -2.10. The number of carbonyl (C=O) groups excluding carboxylic acids is 1. The largest absolute Gasteiger partial charge is 0.475 e. The van der Waals surface area contributed by atoms with Gasteiger partial charge in [0.1, 0.15) is 5.25 Å². The number of hydrogen-bond acceptors (Lipinski definition) is 5.